The summed E-state index contributed by atoms with van der Waals surface area (Å²) in [7, 11) is 4.45. The van der Waals surface area contributed by atoms with Gasteiger partial charge in [0.25, 0.3) is 5.91 Å². The molecule has 1 amide bonds. The number of fused-ring (bicyclic) bond motifs is 1. The van der Waals surface area contributed by atoms with Gasteiger partial charge in [-0.25, -0.2) is 0 Å². The summed E-state index contributed by atoms with van der Waals surface area (Å²) in [6, 6.07) is 5.45. The Balaban J connectivity index is 2.15. The van der Waals surface area contributed by atoms with Gasteiger partial charge in [-0.3, -0.25) is 9.59 Å². The van der Waals surface area contributed by atoms with Crippen molar-refractivity contribution in [1.29, 1.82) is 0 Å². The zero-order valence-corrected chi connectivity index (χ0v) is 13.4. The van der Waals surface area contributed by atoms with Crippen molar-refractivity contribution in [2.45, 2.75) is 6.42 Å². The van der Waals surface area contributed by atoms with Crippen LogP contribution in [0.3, 0.4) is 0 Å². The van der Waals surface area contributed by atoms with Crippen LogP contribution in [0.5, 0.6) is 11.5 Å². The summed E-state index contributed by atoms with van der Waals surface area (Å²) in [5.41, 5.74) is 0. The monoisotopic (exact) mass is 323 g/mol. The number of amides is 1. The van der Waals surface area contributed by atoms with Crippen LogP contribution in [0.25, 0.3) is 10.1 Å². The SMILES string of the molecule is COC(=O)CCNC(=O)c1cc2cc(OC)c(OC)cc2s1. The number of hydrogen-bond donors (Lipinski definition) is 1. The average Bonchev–Trinajstić information content (AvgIpc) is 2.95. The van der Waals surface area contributed by atoms with Crippen molar-refractivity contribution in [2.75, 3.05) is 27.9 Å². The fraction of sp³-hybridized carbons (Fsp3) is 0.333. The van der Waals surface area contributed by atoms with Crippen molar-refractivity contribution in [3.63, 3.8) is 0 Å². The smallest absolute Gasteiger partial charge is 0.307 e. The summed E-state index contributed by atoms with van der Waals surface area (Å²) in [4.78, 5) is 23.7. The lowest BCUT2D eigenvalue weighted by atomic mass is 10.2. The lowest BCUT2D eigenvalue weighted by molar-refractivity contribution is -0.140. The van der Waals surface area contributed by atoms with E-state index in [2.05, 4.69) is 10.1 Å². The van der Waals surface area contributed by atoms with Crippen molar-refractivity contribution >= 4 is 33.3 Å². The number of ether oxygens (including phenoxy) is 3. The van der Waals surface area contributed by atoms with Gasteiger partial charge < -0.3 is 19.5 Å². The Morgan fingerprint density at radius 3 is 2.41 bits per heavy atom. The number of thiophene rings is 1. The fourth-order valence-electron chi connectivity index (χ4n) is 1.95. The van der Waals surface area contributed by atoms with Gasteiger partial charge in [-0.1, -0.05) is 0 Å². The highest BCUT2D eigenvalue weighted by Gasteiger charge is 2.13. The molecule has 1 heterocycles. The standard InChI is InChI=1S/C15H17NO5S/c1-19-10-6-9-7-13(22-12(9)8-11(10)20-2)15(18)16-5-4-14(17)21-3/h6-8H,4-5H2,1-3H3,(H,16,18). The van der Waals surface area contributed by atoms with E-state index in [9.17, 15) is 9.59 Å². The molecule has 0 radical (unpaired) electrons. The molecule has 2 aromatic rings. The van der Waals surface area contributed by atoms with Gasteiger partial charge in [0.1, 0.15) is 0 Å². The number of methoxy groups -OCH3 is 3. The van der Waals surface area contributed by atoms with Crippen LogP contribution in [0, 0.1) is 0 Å². The molecular weight excluding hydrogens is 306 g/mol. The summed E-state index contributed by atoms with van der Waals surface area (Å²) in [5.74, 6) is 0.661. The maximum Gasteiger partial charge on any atom is 0.307 e. The van der Waals surface area contributed by atoms with E-state index in [1.54, 1.807) is 20.3 Å². The lowest BCUT2D eigenvalue weighted by Crippen LogP contribution is -2.25. The minimum Gasteiger partial charge on any atom is -0.493 e. The molecule has 1 aromatic heterocycles. The van der Waals surface area contributed by atoms with E-state index in [1.807, 2.05) is 12.1 Å². The highest BCUT2D eigenvalue weighted by molar-refractivity contribution is 7.20. The second-order valence-electron chi connectivity index (χ2n) is 4.44. The molecule has 0 unspecified atom stereocenters. The van der Waals surface area contributed by atoms with Crippen molar-refractivity contribution < 1.29 is 23.8 Å². The Morgan fingerprint density at radius 1 is 1.09 bits per heavy atom. The van der Waals surface area contributed by atoms with Gasteiger partial charge in [0.15, 0.2) is 11.5 Å². The van der Waals surface area contributed by atoms with Gasteiger partial charge in [-0.05, 0) is 17.5 Å². The molecule has 0 aliphatic carbocycles. The topological polar surface area (TPSA) is 73.9 Å². The molecule has 0 saturated carbocycles. The molecule has 0 aliphatic rings. The molecule has 0 saturated heterocycles. The van der Waals surface area contributed by atoms with Crippen LogP contribution < -0.4 is 14.8 Å². The van der Waals surface area contributed by atoms with Crippen LogP contribution in [-0.4, -0.2) is 39.8 Å². The Labute approximate surface area is 132 Å². The maximum absolute atomic E-state index is 12.1. The summed E-state index contributed by atoms with van der Waals surface area (Å²) in [6.07, 6.45) is 0.148. The number of benzene rings is 1. The zero-order chi connectivity index (χ0) is 16.1. The number of rotatable bonds is 6. The molecule has 0 bridgehead atoms. The third kappa shape index (κ3) is 3.48. The summed E-state index contributed by atoms with van der Waals surface area (Å²) in [5, 5.41) is 3.59. The number of nitrogens with one attached hydrogen (secondary N) is 1. The molecule has 2 rings (SSSR count). The maximum atomic E-state index is 12.1. The normalized spacial score (nSPS) is 10.3. The second kappa shape index (κ2) is 7.13. The summed E-state index contributed by atoms with van der Waals surface area (Å²) >= 11 is 1.35. The molecule has 1 N–H and O–H groups in total. The molecule has 6 nitrogen and oxygen atoms in total. The van der Waals surface area contributed by atoms with Gasteiger partial charge in [-0.15, -0.1) is 11.3 Å². The van der Waals surface area contributed by atoms with Crippen LogP contribution in [0.15, 0.2) is 18.2 Å². The van der Waals surface area contributed by atoms with Crippen LogP contribution in [0.4, 0.5) is 0 Å². The first-order valence-corrected chi connectivity index (χ1v) is 7.41. The van der Waals surface area contributed by atoms with E-state index in [0.717, 1.165) is 10.1 Å². The van der Waals surface area contributed by atoms with E-state index >= 15 is 0 Å². The van der Waals surface area contributed by atoms with E-state index < -0.39 is 0 Å². The molecular formula is C15H17NO5S. The van der Waals surface area contributed by atoms with Gasteiger partial charge in [-0.2, -0.15) is 0 Å². The lowest BCUT2D eigenvalue weighted by Gasteiger charge is -2.06. The number of esters is 1. The first-order chi connectivity index (χ1) is 10.6. The van der Waals surface area contributed by atoms with Crippen molar-refractivity contribution in [2.24, 2.45) is 0 Å². The van der Waals surface area contributed by atoms with Crippen molar-refractivity contribution in [3.05, 3.63) is 23.1 Å². The first-order valence-electron chi connectivity index (χ1n) is 6.59. The van der Waals surface area contributed by atoms with E-state index in [4.69, 9.17) is 9.47 Å². The number of carbonyl (C=O) groups is 2. The minimum absolute atomic E-state index is 0.148. The quantitative estimate of drug-likeness (QED) is 0.825. The molecule has 0 aliphatic heterocycles. The minimum atomic E-state index is -0.355. The predicted molar refractivity (Wildman–Crippen MR) is 83.9 cm³/mol. The molecule has 118 valence electrons. The highest BCUT2D eigenvalue weighted by atomic mass is 32.1. The molecule has 7 heteroatoms. The van der Waals surface area contributed by atoms with Gasteiger partial charge in [0.05, 0.1) is 32.6 Å². The molecule has 0 fully saturated rings. The third-order valence-corrected chi connectivity index (χ3v) is 4.19. The highest BCUT2D eigenvalue weighted by Crippen LogP contribution is 2.36. The van der Waals surface area contributed by atoms with Crippen LogP contribution in [0.2, 0.25) is 0 Å². The van der Waals surface area contributed by atoms with Gasteiger partial charge >= 0.3 is 5.97 Å². The zero-order valence-electron chi connectivity index (χ0n) is 12.6. The van der Waals surface area contributed by atoms with E-state index in [-0.39, 0.29) is 24.8 Å². The van der Waals surface area contributed by atoms with Crippen molar-refractivity contribution in [1.82, 2.24) is 5.32 Å². The summed E-state index contributed by atoms with van der Waals surface area (Å²) in [6.45, 7) is 0.242. The number of hydrogen-bond acceptors (Lipinski definition) is 6. The first kappa shape index (κ1) is 16.1. The Hall–Kier alpha value is -2.28. The molecule has 22 heavy (non-hydrogen) atoms. The van der Waals surface area contributed by atoms with Crippen LogP contribution in [-0.2, 0) is 9.53 Å². The van der Waals surface area contributed by atoms with E-state index in [1.165, 1.54) is 18.4 Å². The Kier molecular flexibility index (Phi) is 5.21. The van der Waals surface area contributed by atoms with Gasteiger partial charge in [0.2, 0.25) is 0 Å². The van der Waals surface area contributed by atoms with Crippen LogP contribution in [0.1, 0.15) is 16.1 Å². The predicted octanol–water partition coefficient (Wildman–Crippen LogP) is 2.21. The second-order valence-corrected chi connectivity index (χ2v) is 5.52. The van der Waals surface area contributed by atoms with Crippen molar-refractivity contribution in [3.8, 4) is 11.5 Å². The van der Waals surface area contributed by atoms with Gasteiger partial charge in [0, 0.05) is 17.3 Å². The molecule has 0 spiro atoms. The van der Waals surface area contributed by atoms with Crippen LogP contribution >= 0.6 is 11.3 Å². The van der Waals surface area contributed by atoms with E-state index in [0.29, 0.717) is 16.4 Å². The fourth-order valence-corrected chi connectivity index (χ4v) is 2.93. The molecule has 0 atom stereocenters. The largest absolute Gasteiger partial charge is 0.493 e. The Morgan fingerprint density at radius 2 is 1.77 bits per heavy atom. The Bertz CT molecular complexity index is 654. The summed E-state index contributed by atoms with van der Waals surface area (Å²) < 4.78 is 15.9. The number of carbonyl (C=O) groups excluding carboxylic acids is 2. The molecule has 1 aromatic carbocycles. The average molecular weight is 323 g/mol. The third-order valence-electron chi connectivity index (χ3n) is 3.09.